The third-order valence-electron chi connectivity index (χ3n) is 6.18. The molecule has 0 aliphatic carbocycles. The first-order chi connectivity index (χ1) is 14.9. The quantitative estimate of drug-likeness (QED) is 0.282. The van der Waals surface area contributed by atoms with E-state index in [1.807, 2.05) is 12.1 Å². The molecule has 5 aromatic carbocycles. The highest BCUT2D eigenvalue weighted by Crippen LogP contribution is 2.38. The van der Waals surface area contributed by atoms with E-state index < -0.39 is 0 Å². The normalized spacial score (nSPS) is 12.0. The molecule has 2 heteroatoms. The number of furan rings is 1. The average molecular weight is 383 g/mol. The van der Waals surface area contributed by atoms with Crippen LogP contribution in [0.25, 0.3) is 60.2 Å². The Kier molecular flexibility index (Phi) is 3.03. The summed E-state index contributed by atoms with van der Waals surface area (Å²) in [5, 5.41) is 7.45. The largest absolute Gasteiger partial charge is 0.456 e. The summed E-state index contributed by atoms with van der Waals surface area (Å²) in [6.45, 7) is 0. The molecular formula is C28H17NO. The van der Waals surface area contributed by atoms with Crippen LogP contribution in [0.15, 0.2) is 108 Å². The van der Waals surface area contributed by atoms with Crippen LogP contribution in [-0.2, 0) is 0 Å². The number of nitrogens with zero attached hydrogens (tertiary/aromatic N) is 1. The van der Waals surface area contributed by atoms with E-state index in [2.05, 4.69) is 95.6 Å². The highest BCUT2D eigenvalue weighted by Gasteiger charge is 2.15. The van der Waals surface area contributed by atoms with Crippen LogP contribution < -0.4 is 0 Å². The Bertz CT molecular complexity index is 1750. The fourth-order valence-corrected chi connectivity index (χ4v) is 4.87. The minimum Gasteiger partial charge on any atom is -0.456 e. The molecule has 0 spiro atoms. The van der Waals surface area contributed by atoms with Crippen LogP contribution in [0.1, 0.15) is 0 Å². The predicted octanol–water partition coefficient (Wildman–Crippen LogP) is 7.84. The van der Waals surface area contributed by atoms with Gasteiger partial charge in [0.05, 0.1) is 11.0 Å². The van der Waals surface area contributed by atoms with E-state index in [0.717, 1.165) is 27.6 Å². The molecule has 2 heterocycles. The molecule has 2 nitrogen and oxygen atoms in total. The van der Waals surface area contributed by atoms with Gasteiger partial charge in [0.15, 0.2) is 0 Å². The summed E-state index contributed by atoms with van der Waals surface area (Å²) in [7, 11) is 0. The van der Waals surface area contributed by atoms with Crippen molar-refractivity contribution >= 4 is 54.5 Å². The van der Waals surface area contributed by atoms with E-state index in [4.69, 9.17) is 4.42 Å². The molecule has 0 fully saturated rings. The molecule has 0 saturated heterocycles. The van der Waals surface area contributed by atoms with Crippen molar-refractivity contribution in [1.29, 1.82) is 0 Å². The first-order valence-corrected chi connectivity index (χ1v) is 10.2. The number of benzene rings is 5. The molecule has 0 bridgehead atoms. The summed E-state index contributed by atoms with van der Waals surface area (Å²) in [4.78, 5) is 0. The molecule has 0 amide bonds. The van der Waals surface area contributed by atoms with Gasteiger partial charge in [-0.15, -0.1) is 0 Å². The van der Waals surface area contributed by atoms with Crippen molar-refractivity contribution in [2.75, 3.05) is 0 Å². The first kappa shape index (κ1) is 15.8. The van der Waals surface area contributed by atoms with Crippen molar-refractivity contribution in [2.45, 2.75) is 0 Å². The van der Waals surface area contributed by atoms with Gasteiger partial charge in [0.1, 0.15) is 11.2 Å². The van der Waals surface area contributed by atoms with Crippen LogP contribution in [-0.4, -0.2) is 4.57 Å². The van der Waals surface area contributed by atoms with Crippen LogP contribution >= 0.6 is 0 Å². The first-order valence-electron chi connectivity index (χ1n) is 10.2. The van der Waals surface area contributed by atoms with Gasteiger partial charge in [-0.1, -0.05) is 66.7 Å². The van der Waals surface area contributed by atoms with Crippen molar-refractivity contribution in [3.05, 3.63) is 103 Å². The Balaban J connectivity index is 1.65. The lowest BCUT2D eigenvalue weighted by atomic mass is 10.0. The summed E-state index contributed by atoms with van der Waals surface area (Å²) in [6.07, 6.45) is 0. The Labute approximate surface area is 172 Å². The topological polar surface area (TPSA) is 18.1 Å². The smallest absolute Gasteiger partial charge is 0.135 e. The molecule has 30 heavy (non-hydrogen) atoms. The van der Waals surface area contributed by atoms with Gasteiger partial charge in [-0.05, 0) is 47.2 Å². The fourth-order valence-electron chi connectivity index (χ4n) is 4.87. The van der Waals surface area contributed by atoms with Gasteiger partial charge in [0.2, 0.25) is 0 Å². The molecule has 0 aliphatic rings. The molecule has 0 saturated carbocycles. The number of fused-ring (bicyclic) bond motifs is 8. The second-order valence-corrected chi connectivity index (χ2v) is 7.81. The number of rotatable bonds is 1. The standard InChI is InChI=1S/C28H17NO/c1-2-8-20-18(7-1)13-15-25-28(20)22-10-3-5-11-24(22)29(25)19-14-16-27-23(17-19)21-9-4-6-12-26(21)30-27/h1-17H. The second kappa shape index (κ2) is 5.74. The molecule has 0 unspecified atom stereocenters. The van der Waals surface area contributed by atoms with Crippen LogP contribution in [0.2, 0.25) is 0 Å². The van der Waals surface area contributed by atoms with Crippen molar-refractivity contribution in [1.82, 2.24) is 4.57 Å². The van der Waals surface area contributed by atoms with Crippen LogP contribution in [0.5, 0.6) is 0 Å². The van der Waals surface area contributed by atoms with Crippen molar-refractivity contribution < 1.29 is 4.42 Å². The third kappa shape index (κ3) is 2.03. The molecular weight excluding hydrogens is 366 g/mol. The number of hydrogen-bond donors (Lipinski definition) is 0. The van der Waals surface area contributed by atoms with Gasteiger partial charge in [0.25, 0.3) is 0 Å². The maximum Gasteiger partial charge on any atom is 0.135 e. The van der Waals surface area contributed by atoms with Crippen LogP contribution in [0, 0.1) is 0 Å². The molecule has 0 N–H and O–H groups in total. The summed E-state index contributed by atoms with van der Waals surface area (Å²) in [6, 6.07) is 36.5. The summed E-state index contributed by atoms with van der Waals surface area (Å²) < 4.78 is 8.42. The SMILES string of the molecule is c1ccc2c(c1)ccc1c2c2ccccc2n1-c1ccc2oc3ccccc3c2c1. The minimum atomic E-state index is 0.922. The van der Waals surface area contributed by atoms with Gasteiger partial charge in [-0.3, -0.25) is 0 Å². The zero-order valence-electron chi connectivity index (χ0n) is 16.2. The maximum atomic E-state index is 6.05. The monoisotopic (exact) mass is 383 g/mol. The van der Waals surface area contributed by atoms with Crippen molar-refractivity contribution in [2.24, 2.45) is 0 Å². The fraction of sp³-hybridized carbons (Fsp3) is 0. The minimum absolute atomic E-state index is 0.922. The van der Waals surface area contributed by atoms with E-state index in [1.54, 1.807) is 0 Å². The summed E-state index contributed by atoms with van der Waals surface area (Å²) in [5.74, 6) is 0. The predicted molar refractivity (Wildman–Crippen MR) is 126 cm³/mol. The van der Waals surface area contributed by atoms with Gasteiger partial charge in [-0.2, -0.15) is 0 Å². The van der Waals surface area contributed by atoms with Gasteiger partial charge in [0, 0.05) is 27.2 Å². The van der Waals surface area contributed by atoms with E-state index in [0.29, 0.717) is 0 Å². The van der Waals surface area contributed by atoms with Crippen LogP contribution in [0.3, 0.4) is 0 Å². The van der Waals surface area contributed by atoms with E-state index in [-0.39, 0.29) is 0 Å². The highest BCUT2D eigenvalue weighted by molar-refractivity contribution is 6.21. The lowest BCUT2D eigenvalue weighted by Crippen LogP contribution is -1.93. The van der Waals surface area contributed by atoms with Gasteiger partial charge >= 0.3 is 0 Å². The third-order valence-corrected chi connectivity index (χ3v) is 6.18. The number of para-hydroxylation sites is 2. The molecule has 0 radical (unpaired) electrons. The zero-order chi connectivity index (χ0) is 19.7. The lowest BCUT2D eigenvalue weighted by Gasteiger charge is -2.08. The molecule has 0 atom stereocenters. The highest BCUT2D eigenvalue weighted by atomic mass is 16.3. The van der Waals surface area contributed by atoms with E-state index in [1.165, 1.54) is 32.6 Å². The van der Waals surface area contributed by atoms with E-state index in [9.17, 15) is 0 Å². The zero-order valence-corrected chi connectivity index (χ0v) is 16.2. The van der Waals surface area contributed by atoms with E-state index >= 15 is 0 Å². The van der Waals surface area contributed by atoms with Gasteiger partial charge in [-0.25, -0.2) is 0 Å². The average Bonchev–Trinajstić information content (AvgIpc) is 3.34. The Morgan fingerprint density at radius 1 is 0.500 bits per heavy atom. The molecule has 7 rings (SSSR count). The second-order valence-electron chi connectivity index (χ2n) is 7.81. The lowest BCUT2D eigenvalue weighted by molar-refractivity contribution is 0.669. The molecule has 140 valence electrons. The van der Waals surface area contributed by atoms with Gasteiger partial charge < -0.3 is 8.98 Å². The molecule has 2 aromatic heterocycles. The van der Waals surface area contributed by atoms with Crippen molar-refractivity contribution in [3.8, 4) is 5.69 Å². The molecule has 0 aliphatic heterocycles. The maximum absolute atomic E-state index is 6.05. The summed E-state index contributed by atoms with van der Waals surface area (Å²) in [5.41, 5.74) is 5.44. The van der Waals surface area contributed by atoms with Crippen molar-refractivity contribution in [3.63, 3.8) is 0 Å². The van der Waals surface area contributed by atoms with Crippen LogP contribution in [0.4, 0.5) is 0 Å². The number of aromatic nitrogens is 1. The molecule has 7 aromatic rings. The number of hydrogen-bond acceptors (Lipinski definition) is 1. The Morgan fingerprint density at radius 3 is 2.17 bits per heavy atom. The Hall–Kier alpha value is -4.04. The summed E-state index contributed by atoms with van der Waals surface area (Å²) >= 11 is 0. The Morgan fingerprint density at radius 2 is 1.23 bits per heavy atom.